The van der Waals surface area contributed by atoms with Gasteiger partial charge in [0.05, 0.1) is 10.6 Å². The molecule has 1 aromatic heterocycles. The first-order valence-electron chi connectivity index (χ1n) is 10.5. The van der Waals surface area contributed by atoms with Crippen LogP contribution in [0.3, 0.4) is 0 Å². The molecule has 170 valence electrons. The van der Waals surface area contributed by atoms with E-state index in [1.807, 2.05) is 30.3 Å². The van der Waals surface area contributed by atoms with Gasteiger partial charge in [0.2, 0.25) is 5.91 Å². The molecule has 0 fully saturated rings. The maximum absolute atomic E-state index is 13.4. The standard InChI is InChI=1S/C26H19BrN2O4S/c27-18-10-13-20(14-11-18)29(34(31,32)21-6-2-1-3-7-21)17-26(30)28-19-12-15-23-22-8-4-5-9-24(22)33-25(23)16-19/h1-16H,17H2,(H,28,30). The Morgan fingerprint density at radius 1 is 0.824 bits per heavy atom. The number of benzene rings is 4. The molecule has 34 heavy (non-hydrogen) atoms. The van der Waals surface area contributed by atoms with Crippen molar-refractivity contribution >= 4 is 65.2 Å². The molecule has 6 nitrogen and oxygen atoms in total. The third kappa shape index (κ3) is 4.30. The van der Waals surface area contributed by atoms with Gasteiger partial charge < -0.3 is 9.73 Å². The van der Waals surface area contributed by atoms with Crippen molar-refractivity contribution in [3.8, 4) is 0 Å². The summed E-state index contributed by atoms with van der Waals surface area (Å²) in [5.41, 5.74) is 2.30. The van der Waals surface area contributed by atoms with E-state index in [2.05, 4.69) is 21.2 Å². The van der Waals surface area contributed by atoms with Gasteiger partial charge in [0.1, 0.15) is 17.7 Å². The van der Waals surface area contributed by atoms with Crippen LogP contribution in [0.25, 0.3) is 21.9 Å². The summed E-state index contributed by atoms with van der Waals surface area (Å²) < 4.78 is 34.6. The molecule has 0 spiro atoms. The quantitative estimate of drug-likeness (QED) is 0.282. The minimum absolute atomic E-state index is 0.106. The predicted molar refractivity (Wildman–Crippen MR) is 137 cm³/mol. The van der Waals surface area contributed by atoms with Crippen molar-refractivity contribution in [2.24, 2.45) is 0 Å². The van der Waals surface area contributed by atoms with E-state index in [0.717, 1.165) is 25.1 Å². The molecule has 0 atom stereocenters. The fourth-order valence-electron chi connectivity index (χ4n) is 3.78. The highest BCUT2D eigenvalue weighted by Crippen LogP contribution is 2.30. The highest BCUT2D eigenvalue weighted by molar-refractivity contribution is 9.10. The highest BCUT2D eigenvalue weighted by Gasteiger charge is 2.27. The number of hydrogen-bond donors (Lipinski definition) is 1. The van der Waals surface area contributed by atoms with E-state index in [9.17, 15) is 13.2 Å². The van der Waals surface area contributed by atoms with Crippen LogP contribution in [-0.4, -0.2) is 20.9 Å². The molecule has 0 aliphatic rings. The Kier molecular flexibility index (Phi) is 5.85. The maximum Gasteiger partial charge on any atom is 0.264 e. The number of sulfonamides is 1. The first-order chi connectivity index (χ1) is 16.4. The number of fused-ring (bicyclic) bond motifs is 3. The SMILES string of the molecule is O=C(CN(c1ccc(Br)cc1)S(=O)(=O)c1ccccc1)Nc1ccc2c(c1)oc1ccccc12. The minimum atomic E-state index is -3.97. The largest absolute Gasteiger partial charge is 0.456 e. The van der Waals surface area contributed by atoms with E-state index in [0.29, 0.717) is 17.0 Å². The van der Waals surface area contributed by atoms with Crippen LogP contribution < -0.4 is 9.62 Å². The van der Waals surface area contributed by atoms with Crippen molar-refractivity contribution in [1.82, 2.24) is 0 Å². The third-order valence-corrected chi connectivity index (χ3v) is 7.71. The predicted octanol–water partition coefficient (Wildman–Crippen LogP) is 6.18. The zero-order valence-electron chi connectivity index (χ0n) is 17.8. The lowest BCUT2D eigenvalue weighted by Crippen LogP contribution is -2.38. The Labute approximate surface area is 205 Å². The van der Waals surface area contributed by atoms with Crippen molar-refractivity contribution in [1.29, 1.82) is 0 Å². The molecular formula is C26H19BrN2O4S. The first-order valence-corrected chi connectivity index (χ1v) is 12.7. The molecule has 1 N–H and O–H groups in total. The van der Waals surface area contributed by atoms with E-state index < -0.39 is 22.5 Å². The Morgan fingerprint density at radius 2 is 1.50 bits per heavy atom. The van der Waals surface area contributed by atoms with Crippen LogP contribution in [0.2, 0.25) is 0 Å². The zero-order valence-corrected chi connectivity index (χ0v) is 20.2. The summed E-state index contributed by atoms with van der Waals surface area (Å²) in [6, 6.07) is 27.9. The summed E-state index contributed by atoms with van der Waals surface area (Å²) in [7, 11) is -3.97. The van der Waals surface area contributed by atoms with Gasteiger partial charge in [-0.3, -0.25) is 9.10 Å². The molecule has 0 aliphatic heterocycles. The van der Waals surface area contributed by atoms with Crippen molar-refractivity contribution in [3.05, 3.63) is 102 Å². The Morgan fingerprint density at radius 3 is 2.26 bits per heavy atom. The van der Waals surface area contributed by atoms with Gasteiger partial charge in [-0.1, -0.05) is 52.3 Å². The average molecular weight is 535 g/mol. The molecular weight excluding hydrogens is 516 g/mol. The number of halogens is 1. The normalized spacial score (nSPS) is 11.6. The zero-order chi connectivity index (χ0) is 23.7. The smallest absolute Gasteiger partial charge is 0.264 e. The average Bonchev–Trinajstić information content (AvgIpc) is 3.21. The lowest BCUT2D eigenvalue weighted by molar-refractivity contribution is -0.114. The molecule has 1 amide bonds. The van der Waals surface area contributed by atoms with Crippen molar-refractivity contribution < 1.29 is 17.6 Å². The van der Waals surface area contributed by atoms with E-state index in [-0.39, 0.29) is 4.90 Å². The number of furan rings is 1. The number of carbonyl (C=O) groups excluding carboxylic acids is 1. The summed E-state index contributed by atoms with van der Waals surface area (Å²) in [4.78, 5) is 13.1. The highest BCUT2D eigenvalue weighted by atomic mass is 79.9. The van der Waals surface area contributed by atoms with E-state index in [1.165, 1.54) is 12.1 Å². The van der Waals surface area contributed by atoms with Gasteiger partial charge in [0.25, 0.3) is 10.0 Å². The second-order valence-electron chi connectivity index (χ2n) is 7.66. The van der Waals surface area contributed by atoms with Gasteiger partial charge in [-0.05, 0) is 54.6 Å². The van der Waals surface area contributed by atoms with Gasteiger partial charge in [0.15, 0.2) is 0 Å². The van der Waals surface area contributed by atoms with Crippen LogP contribution in [0.1, 0.15) is 0 Å². The number of hydrogen-bond acceptors (Lipinski definition) is 4. The van der Waals surface area contributed by atoms with Crippen LogP contribution in [0, 0.1) is 0 Å². The van der Waals surface area contributed by atoms with Crippen LogP contribution in [0.5, 0.6) is 0 Å². The number of nitrogens with one attached hydrogen (secondary N) is 1. The molecule has 0 saturated carbocycles. The molecule has 4 aromatic carbocycles. The van der Waals surface area contributed by atoms with Gasteiger partial charge in [-0.25, -0.2) is 8.42 Å². The maximum atomic E-state index is 13.4. The number of carbonyl (C=O) groups is 1. The molecule has 0 aliphatic carbocycles. The first kappa shape index (κ1) is 22.2. The van der Waals surface area contributed by atoms with E-state index >= 15 is 0 Å². The van der Waals surface area contributed by atoms with E-state index in [1.54, 1.807) is 54.6 Å². The van der Waals surface area contributed by atoms with Crippen LogP contribution in [-0.2, 0) is 14.8 Å². The Balaban J connectivity index is 1.44. The molecule has 1 heterocycles. The fourth-order valence-corrected chi connectivity index (χ4v) is 5.48. The van der Waals surface area contributed by atoms with Crippen LogP contribution in [0.15, 0.2) is 111 Å². The molecule has 0 saturated heterocycles. The lowest BCUT2D eigenvalue weighted by Gasteiger charge is -2.24. The molecule has 0 unspecified atom stereocenters. The number of rotatable bonds is 6. The second-order valence-corrected chi connectivity index (χ2v) is 10.4. The fraction of sp³-hybridized carbons (Fsp3) is 0.0385. The molecule has 5 aromatic rings. The van der Waals surface area contributed by atoms with Crippen LogP contribution in [0.4, 0.5) is 11.4 Å². The molecule has 0 radical (unpaired) electrons. The van der Waals surface area contributed by atoms with Gasteiger partial charge in [-0.15, -0.1) is 0 Å². The molecule has 5 rings (SSSR count). The lowest BCUT2D eigenvalue weighted by atomic mass is 10.1. The molecule has 0 bridgehead atoms. The van der Waals surface area contributed by atoms with Gasteiger partial charge in [0, 0.05) is 27.0 Å². The Bertz CT molecular complexity index is 1600. The van der Waals surface area contributed by atoms with Crippen molar-refractivity contribution in [2.45, 2.75) is 4.90 Å². The number of anilines is 2. The minimum Gasteiger partial charge on any atom is -0.456 e. The summed E-state index contributed by atoms with van der Waals surface area (Å²) in [6.07, 6.45) is 0. The van der Waals surface area contributed by atoms with Crippen LogP contribution >= 0.6 is 15.9 Å². The second kappa shape index (κ2) is 8.96. The van der Waals surface area contributed by atoms with Gasteiger partial charge in [-0.2, -0.15) is 0 Å². The summed E-state index contributed by atoms with van der Waals surface area (Å²) in [5, 5.41) is 4.73. The third-order valence-electron chi connectivity index (χ3n) is 5.40. The van der Waals surface area contributed by atoms with E-state index in [4.69, 9.17) is 4.42 Å². The monoisotopic (exact) mass is 534 g/mol. The summed E-state index contributed by atoms with van der Waals surface area (Å²) >= 11 is 3.36. The number of amides is 1. The number of para-hydroxylation sites is 1. The van der Waals surface area contributed by atoms with Crippen molar-refractivity contribution in [2.75, 3.05) is 16.2 Å². The number of nitrogens with zero attached hydrogens (tertiary/aromatic N) is 1. The Hall–Kier alpha value is -3.62. The summed E-state index contributed by atoms with van der Waals surface area (Å²) in [6.45, 7) is -0.392. The van der Waals surface area contributed by atoms with Crippen molar-refractivity contribution in [3.63, 3.8) is 0 Å². The molecule has 8 heteroatoms. The van der Waals surface area contributed by atoms with Gasteiger partial charge >= 0.3 is 0 Å². The summed E-state index contributed by atoms with van der Waals surface area (Å²) in [5.74, 6) is -0.474. The topological polar surface area (TPSA) is 79.6 Å².